The molecule has 0 rings (SSSR count). The second-order valence-electron chi connectivity index (χ2n) is 4.17. The van der Waals surface area contributed by atoms with Crippen LogP contribution in [0.3, 0.4) is 0 Å². The van der Waals surface area contributed by atoms with E-state index in [1.165, 1.54) is 0 Å². The van der Waals surface area contributed by atoms with Crippen LogP contribution in [0, 0.1) is 0 Å². The molecule has 0 unspecified atom stereocenters. The molecular formula is C13H31ClO6Si2. The maximum absolute atomic E-state index is 6.77. The second kappa shape index (κ2) is 11.9. The van der Waals surface area contributed by atoms with E-state index in [-0.39, 0.29) is 0 Å². The van der Waals surface area contributed by atoms with E-state index in [9.17, 15) is 0 Å². The van der Waals surface area contributed by atoms with Crippen LogP contribution in [0.5, 0.6) is 0 Å². The van der Waals surface area contributed by atoms with Crippen LogP contribution in [-0.4, -0.2) is 61.9 Å². The van der Waals surface area contributed by atoms with Gasteiger partial charge in [0.2, 0.25) is 0 Å². The Morgan fingerprint density at radius 1 is 0.545 bits per heavy atom. The smallest absolute Gasteiger partial charge is 0.373 e. The monoisotopic (exact) mass is 374 g/mol. The summed E-state index contributed by atoms with van der Waals surface area (Å²) >= 11 is 6.77. The Bertz CT molecular complexity index is 225. The number of hydrogen-bond donors (Lipinski definition) is 0. The van der Waals surface area contributed by atoms with Crippen LogP contribution in [0.15, 0.2) is 0 Å². The Balaban J connectivity index is 5.67. The molecule has 0 aliphatic rings. The predicted octanol–water partition coefficient (Wildman–Crippen LogP) is 2.77. The highest BCUT2D eigenvalue weighted by Crippen LogP contribution is 2.30. The third-order valence-electron chi connectivity index (χ3n) is 2.69. The lowest BCUT2D eigenvalue weighted by molar-refractivity contribution is 0.0436. The van der Waals surface area contributed by atoms with Gasteiger partial charge in [-0.15, -0.1) is 11.6 Å². The van der Waals surface area contributed by atoms with Crippen molar-refractivity contribution in [3.05, 3.63) is 0 Å². The van der Waals surface area contributed by atoms with E-state index in [0.717, 1.165) is 0 Å². The van der Waals surface area contributed by atoms with Crippen molar-refractivity contribution in [2.75, 3.05) is 39.6 Å². The van der Waals surface area contributed by atoms with E-state index in [1.54, 1.807) is 0 Å². The highest BCUT2D eigenvalue weighted by molar-refractivity contribution is 6.92. The standard InChI is InChI=1S/C13H31ClO6Si2/c1-7-15-21(16-8-2,17-9-3)13(14)22(18-10-4,19-11-5)20-12-6/h13H,7-12H2,1-6H3. The summed E-state index contributed by atoms with van der Waals surface area (Å²) in [6, 6.07) is 0. The molecule has 6 nitrogen and oxygen atoms in total. The topological polar surface area (TPSA) is 55.4 Å². The fourth-order valence-electron chi connectivity index (χ4n) is 2.11. The highest BCUT2D eigenvalue weighted by Gasteiger charge is 2.65. The van der Waals surface area contributed by atoms with Crippen LogP contribution in [0.4, 0.5) is 0 Å². The minimum atomic E-state index is -3.19. The molecule has 0 bridgehead atoms. The minimum Gasteiger partial charge on any atom is -0.373 e. The van der Waals surface area contributed by atoms with Gasteiger partial charge in [-0.1, -0.05) is 0 Å². The molecule has 22 heavy (non-hydrogen) atoms. The van der Waals surface area contributed by atoms with Crippen LogP contribution in [0.1, 0.15) is 41.5 Å². The SMILES string of the molecule is CCO[Si](OCC)(OCC)C(Cl)[Si](OCC)(OCC)OCC. The third-order valence-corrected chi connectivity index (χ3v) is 11.8. The van der Waals surface area contributed by atoms with Gasteiger partial charge in [0.1, 0.15) is 0 Å². The highest BCUT2D eigenvalue weighted by atomic mass is 35.5. The Kier molecular flexibility index (Phi) is 12.2. The molecule has 0 N–H and O–H groups in total. The summed E-state index contributed by atoms with van der Waals surface area (Å²) in [4.78, 5) is 0. The summed E-state index contributed by atoms with van der Waals surface area (Å²) in [5.41, 5.74) is 0. The van der Waals surface area contributed by atoms with Crippen LogP contribution in [0.2, 0.25) is 0 Å². The van der Waals surface area contributed by atoms with Gasteiger partial charge in [0.15, 0.2) is 4.62 Å². The zero-order valence-corrected chi connectivity index (χ0v) is 17.4. The van der Waals surface area contributed by atoms with Crippen molar-refractivity contribution in [3.63, 3.8) is 0 Å². The molecule has 0 heterocycles. The molecule has 0 aromatic carbocycles. The first-order valence-electron chi connectivity index (χ1n) is 8.00. The van der Waals surface area contributed by atoms with E-state index >= 15 is 0 Å². The van der Waals surface area contributed by atoms with Crippen LogP contribution in [0.25, 0.3) is 0 Å². The molecule has 0 spiro atoms. The van der Waals surface area contributed by atoms with Gasteiger partial charge in [0.25, 0.3) is 0 Å². The fourth-order valence-corrected chi connectivity index (χ4v) is 10.3. The zero-order valence-electron chi connectivity index (χ0n) is 14.6. The Labute approximate surface area is 142 Å². The fraction of sp³-hybridized carbons (Fsp3) is 1.00. The number of alkyl halides is 1. The summed E-state index contributed by atoms with van der Waals surface area (Å²) in [6.45, 7) is 13.9. The van der Waals surface area contributed by atoms with Crippen molar-refractivity contribution in [1.29, 1.82) is 0 Å². The van der Waals surface area contributed by atoms with Crippen molar-refractivity contribution in [2.24, 2.45) is 0 Å². The van der Waals surface area contributed by atoms with Gasteiger partial charge in [0.05, 0.1) is 0 Å². The van der Waals surface area contributed by atoms with E-state index in [0.29, 0.717) is 39.6 Å². The zero-order chi connectivity index (χ0) is 17.1. The first kappa shape index (κ1) is 22.5. The molecule has 0 radical (unpaired) electrons. The number of halogens is 1. The molecule has 0 fully saturated rings. The van der Waals surface area contributed by atoms with Crippen molar-refractivity contribution in [3.8, 4) is 0 Å². The van der Waals surface area contributed by atoms with Crippen LogP contribution < -0.4 is 0 Å². The third kappa shape index (κ3) is 5.84. The predicted molar refractivity (Wildman–Crippen MR) is 90.9 cm³/mol. The maximum atomic E-state index is 6.77. The van der Waals surface area contributed by atoms with Gasteiger partial charge >= 0.3 is 17.6 Å². The van der Waals surface area contributed by atoms with E-state index in [1.807, 2.05) is 41.5 Å². The molecule has 0 amide bonds. The Hall–Kier alpha value is 0.484. The molecule has 0 atom stereocenters. The first-order valence-corrected chi connectivity index (χ1v) is 12.0. The molecular weight excluding hydrogens is 344 g/mol. The summed E-state index contributed by atoms with van der Waals surface area (Å²) < 4.78 is 34.5. The molecule has 0 aliphatic carbocycles. The summed E-state index contributed by atoms with van der Waals surface area (Å²) in [5, 5.41) is 0. The van der Waals surface area contributed by atoms with Crippen molar-refractivity contribution in [2.45, 2.75) is 46.2 Å². The van der Waals surface area contributed by atoms with Gasteiger partial charge in [-0.3, -0.25) is 0 Å². The van der Waals surface area contributed by atoms with Gasteiger partial charge in [0, 0.05) is 39.6 Å². The van der Waals surface area contributed by atoms with E-state index in [2.05, 4.69) is 0 Å². The molecule has 9 heteroatoms. The largest absolute Gasteiger partial charge is 0.524 e. The summed E-state index contributed by atoms with van der Waals surface area (Å²) in [5.74, 6) is 0. The van der Waals surface area contributed by atoms with Crippen LogP contribution in [-0.2, 0) is 26.6 Å². The van der Waals surface area contributed by atoms with Gasteiger partial charge in [-0.05, 0) is 41.5 Å². The normalized spacial score (nSPS) is 13.1. The van der Waals surface area contributed by atoms with Crippen molar-refractivity contribution in [1.82, 2.24) is 0 Å². The molecule has 0 aromatic rings. The molecule has 0 saturated carbocycles. The lowest BCUT2D eigenvalue weighted by atomic mass is 10.9. The first-order chi connectivity index (χ1) is 10.5. The molecule has 134 valence electrons. The number of rotatable bonds is 14. The van der Waals surface area contributed by atoms with Gasteiger partial charge in [-0.25, -0.2) is 0 Å². The van der Waals surface area contributed by atoms with Crippen molar-refractivity contribution < 1.29 is 26.6 Å². The average Bonchev–Trinajstić information content (AvgIpc) is 2.48. The second-order valence-corrected chi connectivity index (χ2v) is 11.2. The van der Waals surface area contributed by atoms with Crippen molar-refractivity contribution >= 4 is 29.2 Å². The lowest BCUT2D eigenvalue weighted by Gasteiger charge is -2.39. The maximum Gasteiger partial charge on any atom is 0.524 e. The minimum absolute atomic E-state index is 0.435. The number of hydrogen-bond acceptors (Lipinski definition) is 6. The molecule has 0 aromatic heterocycles. The summed E-state index contributed by atoms with van der Waals surface area (Å²) in [6.07, 6.45) is 0. The quantitative estimate of drug-likeness (QED) is 0.344. The Morgan fingerprint density at radius 2 is 0.727 bits per heavy atom. The molecule has 0 aliphatic heterocycles. The van der Waals surface area contributed by atoms with E-state index < -0.39 is 22.2 Å². The van der Waals surface area contributed by atoms with E-state index in [4.69, 9.17) is 38.2 Å². The molecule has 0 saturated heterocycles. The van der Waals surface area contributed by atoms with Gasteiger partial charge < -0.3 is 26.6 Å². The van der Waals surface area contributed by atoms with Crippen LogP contribution >= 0.6 is 11.6 Å². The average molecular weight is 375 g/mol. The van der Waals surface area contributed by atoms with Gasteiger partial charge in [-0.2, -0.15) is 0 Å². The lowest BCUT2D eigenvalue weighted by Crippen LogP contribution is -2.69. The Morgan fingerprint density at radius 3 is 0.864 bits per heavy atom. The summed E-state index contributed by atoms with van der Waals surface area (Å²) in [7, 11) is -6.39.